The van der Waals surface area contributed by atoms with Gasteiger partial charge in [0.25, 0.3) is 7.82 Å². The van der Waals surface area contributed by atoms with Crippen molar-refractivity contribution in [1.29, 1.82) is 0 Å². The van der Waals surface area contributed by atoms with Crippen molar-refractivity contribution in [1.82, 2.24) is 5.32 Å². The Balaban J connectivity index is 4.04. The zero-order valence-electron chi connectivity index (χ0n) is 54.7. The van der Waals surface area contributed by atoms with Crippen LogP contribution >= 0.6 is 7.82 Å². The Morgan fingerprint density at radius 3 is 1.13 bits per heavy atom. The first-order valence-corrected chi connectivity index (χ1v) is 36.4. The number of rotatable bonds is 64. The molecule has 478 valence electrons. The van der Waals surface area contributed by atoms with Gasteiger partial charge in [0.05, 0.1) is 39.9 Å². The zero-order valence-corrected chi connectivity index (χ0v) is 55.6. The van der Waals surface area contributed by atoms with Gasteiger partial charge in [-0.05, 0) is 83.5 Å². The fourth-order valence-electron chi connectivity index (χ4n) is 10.2. The number of hydrogen-bond donors (Lipinski definition) is 2. The largest absolute Gasteiger partial charge is 0.756 e. The molecule has 0 aliphatic carbocycles. The third kappa shape index (κ3) is 65.2. The number of carbonyl (C=O) groups is 1. The number of allylic oxidation sites excluding steroid dienone is 13. The number of phosphoric acid groups is 1. The molecule has 0 spiro atoms. The highest BCUT2D eigenvalue weighted by molar-refractivity contribution is 7.45. The average molecular weight is 1170 g/mol. The van der Waals surface area contributed by atoms with E-state index in [1.165, 1.54) is 231 Å². The Kier molecular flexibility index (Phi) is 61.4. The normalized spacial score (nSPS) is 14.2. The molecule has 0 bridgehead atoms. The topological polar surface area (TPSA) is 108 Å². The summed E-state index contributed by atoms with van der Waals surface area (Å²) in [6.45, 7) is 4.54. The van der Waals surface area contributed by atoms with Crippen molar-refractivity contribution in [3.63, 3.8) is 0 Å². The van der Waals surface area contributed by atoms with Crippen LogP contribution in [0.5, 0.6) is 0 Å². The van der Waals surface area contributed by atoms with Crippen LogP contribution in [0.1, 0.15) is 322 Å². The predicted molar refractivity (Wildman–Crippen MR) is 357 cm³/mol. The molecule has 0 aromatic rings. The summed E-state index contributed by atoms with van der Waals surface area (Å²) in [6, 6.07) is -0.913. The van der Waals surface area contributed by atoms with Gasteiger partial charge in [-0.2, -0.15) is 0 Å². The molecule has 8 nitrogen and oxygen atoms in total. The summed E-state index contributed by atoms with van der Waals surface area (Å²) >= 11 is 0. The SMILES string of the molecule is CC/C=C\C/C=C\C/C=C\C/C=C\CCCCCCCCCCCCCCCCCCCCCCCCCCC(=O)NC(COP(=O)([O-])OCC[N+](C)(C)C)C(O)/C=C/CC/C=C/CC/C=C/CCCCCCCCCCCCCCC. The first kappa shape index (κ1) is 79.7. The number of carbonyl (C=O) groups excluding carboxylic acids is 1. The lowest BCUT2D eigenvalue weighted by molar-refractivity contribution is -0.870. The molecule has 0 aromatic carbocycles. The molecule has 0 saturated carbocycles. The lowest BCUT2D eigenvalue weighted by atomic mass is 10.0. The standard InChI is InChI=1S/C73H135N2O6P/c1-6-8-10-12-14-16-18-20-22-24-26-28-30-31-32-33-34-35-36-37-38-39-40-41-42-43-45-47-49-51-53-55-57-59-61-63-65-67-73(77)74-71(70-81-82(78,79)80-69-68-75(3,4)5)72(76)66-64-62-60-58-56-54-52-50-48-46-44-29-27-25-23-21-19-17-15-13-11-9-7-2/h8,10,14,16,20,22,26,28,48,50,56,58,64,66,71-72,76H,6-7,9,11-13,15,17-19,21,23-25,27,29-47,49,51-55,57,59-63,65,67-70H2,1-5H3,(H-,74,77,78,79)/b10-8-,16-14-,22-20-,28-26-,50-48+,58-56+,66-64+. The Hall–Kier alpha value is -2.32. The Bertz CT molecular complexity index is 1610. The third-order valence-electron chi connectivity index (χ3n) is 15.6. The second kappa shape index (κ2) is 63.2. The maximum atomic E-state index is 13.0. The summed E-state index contributed by atoms with van der Waals surface area (Å²) in [7, 11) is 1.24. The molecule has 0 saturated heterocycles. The Morgan fingerprint density at radius 1 is 0.439 bits per heavy atom. The Morgan fingerprint density at radius 2 is 0.756 bits per heavy atom. The lowest BCUT2D eigenvalue weighted by Crippen LogP contribution is -2.45. The van der Waals surface area contributed by atoms with Crippen LogP contribution in [0.15, 0.2) is 85.1 Å². The number of hydrogen-bond acceptors (Lipinski definition) is 6. The van der Waals surface area contributed by atoms with Crippen molar-refractivity contribution in [3.8, 4) is 0 Å². The van der Waals surface area contributed by atoms with E-state index in [1.807, 2.05) is 27.2 Å². The van der Waals surface area contributed by atoms with Crippen LogP contribution in [0.25, 0.3) is 0 Å². The number of nitrogens with one attached hydrogen (secondary N) is 1. The molecule has 0 radical (unpaired) electrons. The maximum Gasteiger partial charge on any atom is 0.268 e. The number of aliphatic hydroxyl groups excluding tert-OH is 1. The number of aliphatic hydroxyl groups is 1. The molecule has 0 fully saturated rings. The van der Waals surface area contributed by atoms with Crippen molar-refractivity contribution in [2.24, 2.45) is 0 Å². The van der Waals surface area contributed by atoms with Gasteiger partial charge in [-0.25, -0.2) is 0 Å². The average Bonchev–Trinajstić information content (AvgIpc) is 3.47. The van der Waals surface area contributed by atoms with Crippen molar-refractivity contribution in [2.75, 3.05) is 40.9 Å². The predicted octanol–water partition coefficient (Wildman–Crippen LogP) is 21.7. The lowest BCUT2D eigenvalue weighted by Gasteiger charge is -2.29. The summed E-state index contributed by atoms with van der Waals surface area (Å²) in [5.74, 6) is -0.207. The minimum atomic E-state index is -4.62. The van der Waals surface area contributed by atoms with Crippen LogP contribution in [0, 0.1) is 0 Å². The summed E-state index contributed by atoms with van der Waals surface area (Å²) in [5.41, 5.74) is 0. The van der Waals surface area contributed by atoms with Crippen molar-refractivity contribution < 1.29 is 32.9 Å². The van der Waals surface area contributed by atoms with E-state index >= 15 is 0 Å². The van der Waals surface area contributed by atoms with E-state index in [9.17, 15) is 19.4 Å². The molecule has 1 amide bonds. The summed E-state index contributed by atoms with van der Waals surface area (Å²) in [5, 5.41) is 13.9. The quantitative estimate of drug-likeness (QED) is 0.0272. The van der Waals surface area contributed by atoms with Crippen LogP contribution in [0.3, 0.4) is 0 Å². The minimum Gasteiger partial charge on any atom is -0.756 e. The van der Waals surface area contributed by atoms with Gasteiger partial charge in [-0.15, -0.1) is 0 Å². The first-order valence-electron chi connectivity index (χ1n) is 34.9. The molecular formula is C73H135N2O6P. The fraction of sp³-hybridized carbons (Fsp3) is 0.795. The fourth-order valence-corrected chi connectivity index (χ4v) is 10.9. The highest BCUT2D eigenvalue weighted by Crippen LogP contribution is 2.38. The molecule has 0 aliphatic heterocycles. The molecule has 82 heavy (non-hydrogen) atoms. The van der Waals surface area contributed by atoms with E-state index < -0.39 is 26.6 Å². The third-order valence-corrected chi connectivity index (χ3v) is 16.5. The first-order chi connectivity index (χ1) is 40.0. The zero-order chi connectivity index (χ0) is 59.8. The van der Waals surface area contributed by atoms with Gasteiger partial charge in [0.15, 0.2) is 0 Å². The number of amides is 1. The van der Waals surface area contributed by atoms with Gasteiger partial charge in [0.2, 0.25) is 5.91 Å². The van der Waals surface area contributed by atoms with E-state index in [1.54, 1.807) is 6.08 Å². The van der Waals surface area contributed by atoms with Gasteiger partial charge in [-0.1, -0.05) is 317 Å². The monoisotopic (exact) mass is 1170 g/mol. The number of likely N-dealkylation sites (N-methyl/N-ethyl adjacent to an activating group) is 1. The van der Waals surface area contributed by atoms with Crippen LogP contribution < -0.4 is 10.2 Å². The van der Waals surface area contributed by atoms with Crippen LogP contribution in [0.4, 0.5) is 0 Å². The maximum absolute atomic E-state index is 13.0. The van der Waals surface area contributed by atoms with Gasteiger partial charge in [0.1, 0.15) is 13.2 Å². The molecule has 9 heteroatoms. The second-order valence-corrected chi connectivity index (χ2v) is 26.2. The van der Waals surface area contributed by atoms with E-state index in [0.717, 1.165) is 70.6 Å². The number of phosphoric ester groups is 1. The second-order valence-electron chi connectivity index (χ2n) is 24.8. The summed E-state index contributed by atoms with van der Waals surface area (Å²) in [4.78, 5) is 25.6. The van der Waals surface area contributed by atoms with Gasteiger partial charge >= 0.3 is 0 Å². The van der Waals surface area contributed by atoms with Gasteiger partial charge < -0.3 is 28.8 Å². The number of nitrogens with zero attached hydrogens (tertiary/aromatic N) is 1. The van der Waals surface area contributed by atoms with Crippen molar-refractivity contribution in [2.45, 2.75) is 334 Å². The van der Waals surface area contributed by atoms with Crippen molar-refractivity contribution in [3.05, 3.63) is 85.1 Å². The molecule has 0 heterocycles. The van der Waals surface area contributed by atoms with Crippen LogP contribution in [-0.2, 0) is 18.4 Å². The molecule has 0 aliphatic rings. The van der Waals surface area contributed by atoms with E-state index in [0.29, 0.717) is 17.4 Å². The van der Waals surface area contributed by atoms with Crippen LogP contribution in [-0.4, -0.2) is 68.5 Å². The molecular weight excluding hydrogens is 1030 g/mol. The number of quaternary nitrogens is 1. The molecule has 3 atom stereocenters. The summed E-state index contributed by atoms with van der Waals surface area (Å²) < 4.78 is 23.4. The van der Waals surface area contributed by atoms with Gasteiger partial charge in [0, 0.05) is 6.42 Å². The molecule has 0 rings (SSSR count). The van der Waals surface area contributed by atoms with Crippen molar-refractivity contribution >= 4 is 13.7 Å². The molecule has 2 N–H and O–H groups in total. The highest BCUT2D eigenvalue weighted by Gasteiger charge is 2.23. The smallest absolute Gasteiger partial charge is 0.268 e. The van der Waals surface area contributed by atoms with Gasteiger partial charge in [-0.3, -0.25) is 9.36 Å². The van der Waals surface area contributed by atoms with Crippen LogP contribution in [0.2, 0.25) is 0 Å². The minimum absolute atomic E-state index is 0.00965. The molecule has 3 unspecified atom stereocenters. The Labute approximate surface area is 509 Å². The van der Waals surface area contributed by atoms with E-state index in [2.05, 4.69) is 92.1 Å². The highest BCUT2D eigenvalue weighted by atomic mass is 31.2. The van der Waals surface area contributed by atoms with E-state index in [4.69, 9.17) is 9.05 Å². The number of unbranched alkanes of at least 4 members (excludes halogenated alkanes) is 39. The molecule has 0 aromatic heterocycles. The summed E-state index contributed by atoms with van der Waals surface area (Å²) in [6.07, 6.45) is 90.0. The van der Waals surface area contributed by atoms with E-state index in [-0.39, 0.29) is 12.5 Å².